The summed E-state index contributed by atoms with van der Waals surface area (Å²) in [6, 6.07) is 23.2. The average Bonchev–Trinajstić information content (AvgIpc) is 2.97. The maximum atomic E-state index is 13.8. The van der Waals surface area contributed by atoms with Crippen molar-refractivity contribution in [1.82, 2.24) is 0 Å². The van der Waals surface area contributed by atoms with Crippen LogP contribution in [0.25, 0.3) is 0 Å². The van der Waals surface area contributed by atoms with Gasteiger partial charge in [-0.25, -0.2) is 13.2 Å². The van der Waals surface area contributed by atoms with Crippen molar-refractivity contribution >= 4 is 49.0 Å². The highest BCUT2D eigenvalue weighted by Crippen LogP contribution is 2.38. The molecule has 0 saturated carbocycles. The standard InChI is InChI=1S/C32H30BrF3N2O5S/c1-2-3-7-21-10-13-24(14-11-21)37-28-20-25(43-29(31(39)40)18-22-8-5-4-6-9-22)15-16-27(28)38-44(41,42)30-17-12-23(33)19-26(30)32(34,35)36/h4-6,8-17,19-20,29,37-38H,2-3,7,18H2,1H3,(H,39,40). The second-order valence-corrected chi connectivity index (χ2v) is 12.6. The smallest absolute Gasteiger partial charge is 0.417 e. The highest BCUT2D eigenvalue weighted by Gasteiger charge is 2.37. The van der Waals surface area contributed by atoms with Crippen molar-refractivity contribution < 1.29 is 36.2 Å². The van der Waals surface area contributed by atoms with Crippen LogP contribution >= 0.6 is 15.9 Å². The van der Waals surface area contributed by atoms with Gasteiger partial charge in [0.2, 0.25) is 0 Å². The van der Waals surface area contributed by atoms with Crippen LogP contribution in [0, 0.1) is 0 Å². The monoisotopic (exact) mass is 690 g/mol. The van der Waals surface area contributed by atoms with Crippen LogP contribution in [0.2, 0.25) is 0 Å². The van der Waals surface area contributed by atoms with Gasteiger partial charge in [0.15, 0.2) is 6.10 Å². The minimum atomic E-state index is -4.93. The van der Waals surface area contributed by atoms with Crippen LogP contribution in [0.4, 0.5) is 30.2 Å². The molecule has 7 nitrogen and oxygen atoms in total. The zero-order valence-corrected chi connectivity index (χ0v) is 26.0. The molecular formula is C32H30BrF3N2O5S. The van der Waals surface area contributed by atoms with Gasteiger partial charge >= 0.3 is 12.1 Å². The number of aliphatic carboxylic acids is 1. The van der Waals surface area contributed by atoms with Crippen molar-refractivity contribution in [2.75, 3.05) is 10.0 Å². The first-order valence-electron chi connectivity index (χ1n) is 13.7. The van der Waals surface area contributed by atoms with Gasteiger partial charge in [-0.3, -0.25) is 4.72 Å². The number of sulfonamides is 1. The quantitative estimate of drug-likeness (QED) is 0.130. The Balaban J connectivity index is 1.70. The van der Waals surface area contributed by atoms with Gasteiger partial charge in [0.25, 0.3) is 10.0 Å². The van der Waals surface area contributed by atoms with E-state index in [-0.39, 0.29) is 28.0 Å². The van der Waals surface area contributed by atoms with E-state index in [4.69, 9.17) is 4.74 Å². The predicted molar refractivity (Wildman–Crippen MR) is 167 cm³/mol. The van der Waals surface area contributed by atoms with Crippen LogP contribution in [0.3, 0.4) is 0 Å². The van der Waals surface area contributed by atoms with E-state index < -0.39 is 38.7 Å². The molecule has 1 unspecified atom stereocenters. The Morgan fingerprint density at radius 1 is 0.932 bits per heavy atom. The van der Waals surface area contributed by atoms with Gasteiger partial charge in [0, 0.05) is 22.6 Å². The molecule has 0 saturated heterocycles. The van der Waals surface area contributed by atoms with Gasteiger partial charge in [-0.1, -0.05) is 71.7 Å². The molecule has 4 rings (SSSR count). The summed E-state index contributed by atoms with van der Waals surface area (Å²) in [5, 5.41) is 12.9. The number of hydrogen-bond donors (Lipinski definition) is 3. The first-order chi connectivity index (χ1) is 20.9. The van der Waals surface area contributed by atoms with Crippen LogP contribution in [0.5, 0.6) is 5.75 Å². The second kappa shape index (κ2) is 14.2. The van der Waals surface area contributed by atoms with Gasteiger partial charge < -0.3 is 15.2 Å². The van der Waals surface area contributed by atoms with Crippen LogP contribution in [0.15, 0.2) is 100 Å². The molecule has 232 valence electrons. The number of carbonyl (C=O) groups is 1. The maximum absolute atomic E-state index is 13.8. The third kappa shape index (κ3) is 8.76. The number of aryl methyl sites for hydroxylation is 1. The molecule has 0 aliphatic carbocycles. The van der Waals surface area contributed by atoms with E-state index in [2.05, 4.69) is 32.9 Å². The molecule has 0 bridgehead atoms. The van der Waals surface area contributed by atoms with Crippen LogP contribution in [-0.4, -0.2) is 25.6 Å². The number of carboxylic acids is 1. The van der Waals surface area contributed by atoms with Gasteiger partial charge in [-0.15, -0.1) is 0 Å². The summed E-state index contributed by atoms with van der Waals surface area (Å²) in [4.78, 5) is 11.1. The minimum Gasteiger partial charge on any atom is -0.478 e. The molecule has 0 aliphatic rings. The minimum absolute atomic E-state index is 0.0658. The normalized spacial score (nSPS) is 12.4. The highest BCUT2D eigenvalue weighted by molar-refractivity contribution is 9.10. The van der Waals surface area contributed by atoms with E-state index >= 15 is 0 Å². The summed E-state index contributed by atoms with van der Waals surface area (Å²) in [6.45, 7) is 2.09. The molecule has 0 aromatic heterocycles. The van der Waals surface area contributed by atoms with Crippen molar-refractivity contribution in [3.05, 3.63) is 112 Å². The zero-order chi connectivity index (χ0) is 31.9. The summed E-state index contributed by atoms with van der Waals surface area (Å²) < 4.78 is 76.1. The lowest BCUT2D eigenvalue weighted by molar-refractivity contribution is -0.145. The molecule has 4 aromatic rings. The Labute approximate surface area is 262 Å². The number of unbranched alkanes of at least 4 members (excludes halogenated alkanes) is 1. The first-order valence-corrected chi connectivity index (χ1v) is 16.0. The van der Waals surface area contributed by atoms with E-state index in [0.717, 1.165) is 36.5 Å². The molecular weight excluding hydrogens is 661 g/mol. The number of hydrogen-bond acceptors (Lipinski definition) is 5. The average molecular weight is 692 g/mol. The number of carboxylic acid groups (broad SMARTS) is 1. The van der Waals surface area contributed by atoms with Crippen LogP contribution in [-0.2, 0) is 33.8 Å². The van der Waals surface area contributed by atoms with Crippen molar-refractivity contribution in [3.8, 4) is 5.75 Å². The Morgan fingerprint density at radius 3 is 2.27 bits per heavy atom. The van der Waals surface area contributed by atoms with Crippen molar-refractivity contribution in [2.24, 2.45) is 0 Å². The lowest BCUT2D eigenvalue weighted by Gasteiger charge is -2.20. The Kier molecular flexibility index (Phi) is 10.6. The molecule has 1 atom stereocenters. The number of alkyl halides is 3. The topological polar surface area (TPSA) is 105 Å². The summed E-state index contributed by atoms with van der Waals surface area (Å²) in [7, 11) is -4.73. The third-order valence-corrected chi connectivity index (χ3v) is 8.56. The molecule has 3 N–H and O–H groups in total. The summed E-state index contributed by atoms with van der Waals surface area (Å²) in [6.07, 6.45) is -3.19. The van der Waals surface area contributed by atoms with Crippen molar-refractivity contribution in [3.63, 3.8) is 0 Å². The van der Waals surface area contributed by atoms with Crippen LogP contribution in [0.1, 0.15) is 36.5 Å². The SMILES string of the molecule is CCCCc1ccc(Nc2cc(OC(Cc3ccccc3)C(=O)O)ccc2NS(=O)(=O)c2ccc(Br)cc2C(F)(F)F)cc1. The fraction of sp³-hybridized carbons (Fsp3) is 0.219. The fourth-order valence-electron chi connectivity index (χ4n) is 4.41. The summed E-state index contributed by atoms with van der Waals surface area (Å²) in [5.41, 5.74) is 1.15. The molecule has 0 fully saturated rings. The Bertz CT molecular complexity index is 1700. The Morgan fingerprint density at radius 2 is 1.64 bits per heavy atom. The van der Waals surface area contributed by atoms with Gasteiger partial charge in [0.05, 0.1) is 21.8 Å². The molecule has 0 heterocycles. The number of ether oxygens (including phenoxy) is 1. The van der Waals surface area contributed by atoms with Gasteiger partial charge in [0.1, 0.15) is 5.75 Å². The van der Waals surface area contributed by atoms with E-state index in [9.17, 15) is 31.5 Å². The molecule has 0 aliphatic heterocycles. The lowest BCUT2D eigenvalue weighted by atomic mass is 10.1. The number of anilines is 3. The highest BCUT2D eigenvalue weighted by atomic mass is 79.9. The van der Waals surface area contributed by atoms with E-state index in [0.29, 0.717) is 11.8 Å². The van der Waals surface area contributed by atoms with E-state index in [1.165, 1.54) is 24.3 Å². The van der Waals surface area contributed by atoms with Gasteiger partial charge in [-0.05, 0) is 66.4 Å². The fourth-order valence-corrected chi connectivity index (χ4v) is 6.06. The summed E-state index contributed by atoms with van der Waals surface area (Å²) in [5.74, 6) is -1.09. The second-order valence-electron chi connectivity index (χ2n) is 10.0. The number of halogens is 4. The van der Waals surface area contributed by atoms with Gasteiger partial charge in [-0.2, -0.15) is 13.2 Å². The molecule has 4 aromatic carbocycles. The molecule has 12 heteroatoms. The summed E-state index contributed by atoms with van der Waals surface area (Å²) >= 11 is 2.97. The molecule has 0 radical (unpaired) electrons. The van der Waals surface area contributed by atoms with Crippen LogP contribution < -0.4 is 14.8 Å². The molecule has 0 spiro atoms. The number of rotatable bonds is 13. The Hall–Kier alpha value is -4.03. The van der Waals surface area contributed by atoms with Crippen molar-refractivity contribution in [2.45, 2.75) is 49.8 Å². The molecule has 44 heavy (non-hydrogen) atoms. The van der Waals surface area contributed by atoms with E-state index in [1.807, 2.05) is 12.1 Å². The van der Waals surface area contributed by atoms with Crippen molar-refractivity contribution in [1.29, 1.82) is 0 Å². The maximum Gasteiger partial charge on any atom is 0.417 e. The first kappa shape index (κ1) is 32.9. The lowest BCUT2D eigenvalue weighted by Crippen LogP contribution is -2.29. The zero-order valence-electron chi connectivity index (χ0n) is 23.6. The number of benzene rings is 4. The predicted octanol–water partition coefficient (Wildman–Crippen LogP) is 8.43. The van der Waals surface area contributed by atoms with E-state index in [1.54, 1.807) is 42.5 Å². The number of nitrogens with one attached hydrogen (secondary N) is 2. The largest absolute Gasteiger partial charge is 0.478 e. The third-order valence-electron chi connectivity index (χ3n) is 6.64. The molecule has 0 amide bonds.